The standard InChI is InChI=1S/C11H22N2O2/c1-8-5-6-13(11(2,3)4)9(7-14)10(15)12-8/h8-9,14H,5-7H2,1-4H3,(H,12,15). The molecule has 1 amide bonds. The molecule has 2 N–H and O–H groups in total. The van der Waals surface area contributed by atoms with Gasteiger partial charge in [0.25, 0.3) is 0 Å². The molecule has 0 spiro atoms. The molecule has 0 bridgehead atoms. The van der Waals surface area contributed by atoms with E-state index in [0.717, 1.165) is 13.0 Å². The monoisotopic (exact) mass is 214 g/mol. The Bertz CT molecular complexity index is 235. The molecule has 1 rings (SSSR count). The number of aliphatic hydroxyl groups is 1. The highest BCUT2D eigenvalue weighted by molar-refractivity contribution is 5.82. The molecule has 1 saturated heterocycles. The highest BCUT2D eigenvalue weighted by Crippen LogP contribution is 2.20. The van der Waals surface area contributed by atoms with Crippen molar-refractivity contribution >= 4 is 5.91 Å². The number of aliphatic hydroxyl groups excluding tert-OH is 1. The van der Waals surface area contributed by atoms with E-state index in [2.05, 4.69) is 31.0 Å². The smallest absolute Gasteiger partial charge is 0.239 e. The average molecular weight is 214 g/mol. The lowest BCUT2D eigenvalue weighted by Gasteiger charge is -2.38. The first-order chi connectivity index (χ1) is 6.86. The van der Waals surface area contributed by atoms with Gasteiger partial charge in [0.1, 0.15) is 6.04 Å². The topological polar surface area (TPSA) is 52.6 Å². The fourth-order valence-electron chi connectivity index (χ4n) is 2.03. The van der Waals surface area contributed by atoms with Gasteiger partial charge in [-0.1, -0.05) is 0 Å². The summed E-state index contributed by atoms with van der Waals surface area (Å²) in [6.07, 6.45) is 0.930. The first kappa shape index (κ1) is 12.5. The number of rotatable bonds is 1. The second-order valence-corrected chi connectivity index (χ2v) is 5.26. The van der Waals surface area contributed by atoms with Gasteiger partial charge < -0.3 is 10.4 Å². The second kappa shape index (κ2) is 4.49. The molecule has 4 nitrogen and oxygen atoms in total. The zero-order valence-corrected chi connectivity index (χ0v) is 10.1. The van der Waals surface area contributed by atoms with Crippen LogP contribution in [-0.4, -0.2) is 46.7 Å². The number of hydrogen-bond donors (Lipinski definition) is 2. The van der Waals surface area contributed by atoms with E-state index in [1.54, 1.807) is 0 Å². The highest BCUT2D eigenvalue weighted by atomic mass is 16.3. The first-order valence-electron chi connectivity index (χ1n) is 5.54. The van der Waals surface area contributed by atoms with Gasteiger partial charge in [0.15, 0.2) is 0 Å². The number of nitrogens with one attached hydrogen (secondary N) is 1. The number of amides is 1. The van der Waals surface area contributed by atoms with E-state index in [0.29, 0.717) is 0 Å². The highest BCUT2D eigenvalue weighted by Gasteiger charge is 2.35. The maximum Gasteiger partial charge on any atom is 0.239 e. The molecule has 4 heteroatoms. The number of nitrogens with zero attached hydrogens (tertiary/aromatic N) is 1. The van der Waals surface area contributed by atoms with Crippen LogP contribution in [0.15, 0.2) is 0 Å². The molecular weight excluding hydrogens is 192 g/mol. The Morgan fingerprint density at radius 3 is 2.60 bits per heavy atom. The van der Waals surface area contributed by atoms with Crippen LogP contribution in [0.5, 0.6) is 0 Å². The van der Waals surface area contributed by atoms with Crippen LogP contribution in [0.2, 0.25) is 0 Å². The van der Waals surface area contributed by atoms with Crippen LogP contribution in [0.25, 0.3) is 0 Å². The van der Waals surface area contributed by atoms with Crippen molar-refractivity contribution in [3.63, 3.8) is 0 Å². The van der Waals surface area contributed by atoms with Crippen molar-refractivity contribution in [3.05, 3.63) is 0 Å². The van der Waals surface area contributed by atoms with Crippen molar-refractivity contribution in [2.24, 2.45) is 0 Å². The molecule has 1 heterocycles. The molecule has 88 valence electrons. The summed E-state index contributed by atoms with van der Waals surface area (Å²) in [6, 6.07) is -0.214. The summed E-state index contributed by atoms with van der Waals surface area (Å²) in [7, 11) is 0. The van der Waals surface area contributed by atoms with Crippen molar-refractivity contribution in [1.82, 2.24) is 10.2 Å². The van der Waals surface area contributed by atoms with Gasteiger partial charge in [0.05, 0.1) is 6.61 Å². The molecular formula is C11H22N2O2. The fourth-order valence-corrected chi connectivity index (χ4v) is 2.03. The minimum Gasteiger partial charge on any atom is -0.394 e. The van der Waals surface area contributed by atoms with E-state index in [9.17, 15) is 9.90 Å². The number of carbonyl (C=O) groups excluding carboxylic acids is 1. The van der Waals surface area contributed by atoms with E-state index >= 15 is 0 Å². The molecule has 1 aliphatic heterocycles. The summed E-state index contributed by atoms with van der Waals surface area (Å²) < 4.78 is 0. The molecule has 0 saturated carbocycles. The molecule has 1 fully saturated rings. The van der Waals surface area contributed by atoms with Gasteiger partial charge in [0, 0.05) is 18.1 Å². The van der Waals surface area contributed by atoms with Gasteiger partial charge in [-0.25, -0.2) is 0 Å². The zero-order chi connectivity index (χ0) is 11.6. The SMILES string of the molecule is CC1CCN(C(C)(C)C)C(CO)C(=O)N1. The van der Waals surface area contributed by atoms with Gasteiger partial charge in [-0.2, -0.15) is 0 Å². The molecule has 15 heavy (non-hydrogen) atoms. The lowest BCUT2D eigenvalue weighted by molar-refractivity contribution is -0.129. The summed E-state index contributed by atoms with van der Waals surface area (Å²) in [5.74, 6) is -0.0579. The molecule has 0 aliphatic carbocycles. The van der Waals surface area contributed by atoms with Gasteiger partial charge in [0.2, 0.25) is 5.91 Å². The van der Waals surface area contributed by atoms with Crippen molar-refractivity contribution in [3.8, 4) is 0 Å². The van der Waals surface area contributed by atoms with E-state index < -0.39 is 6.04 Å². The molecule has 0 aromatic heterocycles. The number of hydrogen-bond acceptors (Lipinski definition) is 3. The maximum absolute atomic E-state index is 11.8. The quantitative estimate of drug-likeness (QED) is 0.662. The van der Waals surface area contributed by atoms with E-state index in [1.807, 2.05) is 6.92 Å². The predicted octanol–water partition coefficient (Wildman–Crippen LogP) is 0.356. The van der Waals surface area contributed by atoms with Crippen molar-refractivity contribution in [1.29, 1.82) is 0 Å². The Morgan fingerprint density at radius 2 is 2.13 bits per heavy atom. The van der Waals surface area contributed by atoms with Gasteiger partial charge in [-0.3, -0.25) is 9.69 Å². The summed E-state index contributed by atoms with van der Waals surface area (Å²) >= 11 is 0. The molecule has 2 atom stereocenters. The summed E-state index contributed by atoms with van der Waals surface area (Å²) in [4.78, 5) is 13.9. The van der Waals surface area contributed by atoms with Crippen molar-refractivity contribution in [2.75, 3.05) is 13.2 Å². The Balaban J connectivity index is 2.88. The summed E-state index contributed by atoms with van der Waals surface area (Å²) in [6.45, 7) is 8.93. The third-order valence-corrected chi connectivity index (χ3v) is 2.91. The molecule has 1 aliphatic rings. The van der Waals surface area contributed by atoms with Crippen LogP contribution < -0.4 is 5.32 Å². The van der Waals surface area contributed by atoms with Crippen LogP contribution in [0, 0.1) is 0 Å². The van der Waals surface area contributed by atoms with E-state index in [-0.39, 0.29) is 24.1 Å². The number of carbonyl (C=O) groups is 1. The minimum absolute atomic E-state index is 0.0579. The summed E-state index contributed by atoms with van der Waals surface area (Å²) in [5, 5.41) is 12.2. The maximum atomic E-state index is 11.8. The molecule has 0 aromatic rings. The van der Waals surface area contributed by atoms with Crippen LogP contribution in [0.1, 0.15) is 34.1 Å². The largest absolute Gasteiger partial charge is 0.394 e. The Hall–Kier alpha value is -0.610. The fraction of sp³-hybridized carbons (Fsp3) is 0.909. The predicted molar refractivity (Wildman–Crippen MR) is 59.6 cm³/mol. The molecule has 0 aromatic carbocycles. The van der Waals surface area contributed by atoms with Gasteiger partial charge in [-0.15, -0.1) is 0 Å². The Labute approximate surface area is 91.6 Å². The Kier molecular flexibility index (Phi) is 3.73. The van der Waals surface area contributed by atoms with E-state index in [1.165, 1.54) is 0 Å². The second-order valence-electron chi connectivity index (χ2n) is 5.26. The third-order valence-electron chi connectivity index (χ3n) is 2.91. The Morgan fingerprint density at radius 1 is 1.53 bits per heavy atom. The lowest BCUT2D eigenvalue weighted by atomic mass is 10.0. The molecule has 2 unspecified atom stereocenters. The van der Waals surface area contributed by atoms with Crippen molar-refractivity contribution in [2.45, 2.75) is 51.7 Å². The molecule has 0 radical (unpaired) electrons. The van der Waals surface area contributed by atoms with Crippen LogP contribution in [0.3, 0.4) is 0 Å². The average Bonchev–Trinajstić information content (AvgIpc) is 2.22. The first-order valence-corrected chi connectivity index (χ1v) is 5.54. The van der Waals surface area contributed by atoms with Crippen LogP contribution in [0.4, 0.5) is 0 Å². The normalized spacial score (nSPS) is 29.8. The third kappa shape index (κ3) is 2.92. The zero-order valence-electron chi connectivity index (χ0n) is 10.1. The van der Waals surface area contributed by atoms with Crippen molar-refractivity contribution < 1.29 is 9.90 Å². The van der Waals surface area contributed by atoms with Gasteiger partial charge >= 0.3 is 0 Å². The van der Waals surface area contributed by atoms with E-state index in [4.69, 9.17) is 0 Å². The van der Waals surface area contributed by atoms with Gasteiger partial charge in [-0.05, 0) is 34.1 Å². The lowest BCUT2D eigenvalue weighted by Crippen LogP contribution is -2.54. The minimum atomic E-state index is -0.407. The van der Waals surface area contributed by atoms with Crippen LogP contribution in [-0.2, 0) is 4.79 Å². The summed E-state index contributed by atoms with van der Waals surface area (Å²) in [5.41, 5.74) is -0.0885. The van der Waals surface area contributed by atoms with Crippen LogP contribution >= 0.6 is 0 Å².